The molecule has 0 unspecified atom stereocenters. The maximum absolute atomic E-state index is 13.2. The molecule has 0 aliphatic carbocycles. The molecule has 0 bridgehead atoms. The van der Waals surface area contributed by atoms with E-state index >= 15 is 0 Å². The van der Waals surface area contributed by atoms with Gasteiger partial charge in [0.25, 0.3) is 0 Å². The van der Waals surface area contributed by atoms with Crippen LogP contribution in [0.25, 0.3) is 10.9 Å². The predicted octanol–water partition coefficient (Wildman–Crippen LogP) is 4.32. The SMILES string of the molecule is CCCN(CCC)S(=O)(=O)c1ccc2c(c1)c(C=NNC(=S)Nc1cccc(OC)c1)cn2C. The van der Waals surface area contributed by atoms with E-state index in [9.17, 15) is 8.42 Å². The average Bonchev–Trinajstić information content (AvgIpc) is 3.14. The van der Waals surface area contributed by atoms with E-state index in [-0.39, 0.29) is 4.90 Å². The summed E-state index contributed by atoms with van der Waals surface area (Å²) in [7, 11) is -0.0592. The molecule has 182 valence electrons. The number of sulfonamides is 1. The Labute approximate surface area is 206 Å². The van der Waals surface area contributed by atoms with Crippen molar-refractivity contribution in [3.05, 3.63) is 54.2 Å². The topological polar surface area (TPSA) is 88.0 Å². The van der Waals surface area contributed by atoms with Crippen LogP contribution in [0.2, 0.25) is 0 Å². The lowest BCUT2D eigenvalue weighted by atomic mass is 10.2. The van der Waals surface area contributed by atoms with Gasteiger partial charge in [0, 0.05) is 54.6 Å². The lowest BCUT2D eigenvalue weighted by Crippen LogP contribution is -2.32. The number of methoxy groups -OCH3 is 1. The van der Waals surface area contributed by atoms with Crippen LogP contribution in [0.3, 0.4) is 0 Å². The van der Waals surface area contributed by atoms with Crippen LogP contribution in [0.4, 0.5) is 5.69 Å². The van der Waals surface area contributed by atoms with Crippen molar-refractivity contribution in [2.45, 2.75) is 31.6 Å². The van der Waals surface area contributed by atoms with Crippen molar-refractivity contribution in [2.75, 3.05) is 25.5 Å². The Kier molecular flexibility index (Phi) is 8.65. The summed E-state index contributed by atoms with van der Waals surface area (Å²) in [6, 6.07) is 12.6. The Morgan fingerprint density at radius 3 is 2.59 bits per heavy atom. The standard InChI is InChI=1S/C24H31N5O3S2/c1-5-12-29(13-6-2)34(30,31)21-10-11-23-22(15-21)18(17-28(23)3)16-25-27-24(33)26-19-8-7-9-20(14-19)32-4/h7-11,14-17H,5-6,12-13H2,1-4H3,(H2,26,27,33). The maximum Gasteiger partial charge on any atom is 0.243 e. The van der Waals surface area contributed by atoms with E-state index in [1.165, 1.54) is 0 Å². The number of hydrogen-bond acceptors (Lipinski definition) is 5. The van der Waals surface area contributed by atoms with Crippen LogP contribution in [-0.4, -0.2) is 48.8 Å². The van der Waals surface area contributed by atoms with Gasteiger partial charge in [0.1, 0.15) is 5.75 Å². The summed E-state index contributed by atoms with van der Waals surface area (Å²) >= 11 is 5.31. The number of ether oxygens (including phenoxy) is 1. The van der Waals surface area contributed by atoms with E-state index in [0.29, 0.717) is 24.0 Å². The molecule has 0 spiro atoms. The van der Waals surface area contributed by atoms with Crippen molar-refractivity contribution >= 4 is 50.2 Å². The Morgan fingerprint density at radius 1 is 1.18 bits per heavy atom. The molecule has 0 atom stereocenters. The number of aryl methyl sites for hydroxylation is 1. The van der Waals surface area contributed by atoms with Crippen LogP contribution in [0.15, 0.2) is 58.7 Å². The second kappa shape index (κ2) is 11.5. The molecule has 2 N–H and O–H groups in total. The predicted molar refractivity (Wildman–Crippen MR) is 142 cm³/mol. The van der Waals surface area contributed by atoms with Crippen LogP contribution >= 0.6 is 12.2 Å². The van der Waals surface area contributed by atoms with Gasteiger partial charge < -0.3 is 14.6 Å². The van der Waals surface area contributed by atoms with Gasteiger partial charge in [-0.2, -0.15) is 9.41 Å². The van der Waals surface area contributed by atoms with Crippen molar-refractivity contribution in [3.8, 4) is 5.75 Å². The van der Waals surface area contributed by atoms with Crippen molar-refractivity contribution in [1.29, 1.82) is 0 Å². The van der Waals surface area contributed by atoms with Crippen molar-refractivity contribution in [2.24, 2.45) is 12.1 Å². The normalized spacial score (nSPS) is 11.9. The molecule has 1 aromatic heterocycles. The number of rotatable bonds is 10. The van der Waals surface area contributed by atoms with Crippen molar-refractivity contribution < 1.29 is 13.2 Å². The van der Waals surface area contributed by atoms with E-state index in [2.05, 4.69) is 15.8 Å². The number of anilines is 1. The van der Waals surface area contributed by atoms with E-state index in [0.717, 1.165) is 35.0 Å². The zero-order chi connectivity index (χ0) is 24.7. The van der Waals surface area contributed by atoms with Gasteiger partial charge in [-0.1, -0.05) is 19.9 Å². The summed E-state index contributed by atoms with van der Waals surface area (Å²) in [5.41, 5.74) is 5.27. The summed E-state index contributed by atoms with van der Waals surface area (Å²) in [4.78, 5) is 0.283. The third-order valence-corrected chi connectivity index (χ3v) is 7.36. The molecule has 10 heteroatoms. The fraction of sp³-hybridized carbons (Fsp3) is 0.333. The summed E-state index contributed by atoms with van der Waals surface area (Å²) in [6.07, 6.45) is 5.06. The van der Waals surface area contributed by atoms with Gasteiger partial charge in [0.15, 0.2) is 5.11 Å². The van der Waals surface area contributed by atoms with Gasteiger partial charge in [0.05, 0.1) is 18.2 Å². The average molecular weight is 502 g/mol. The van der Waals surface area contributed by atoms with Gasteiger partial charge in [-0.25, -0.2) is 8.42 Å². The minimum Gasteiger partial charge on any atom is -0.497 e. The largest absolute Gasteiger partial charge is 0.497 e. The number of hydrazone groups is 1. The third-order valence-electron chi connectivity index (χ3n) is 5.27. The highest BCUT2D eigenvalue weighted by Crippen LogP contribution is 2.25. The molecule has 8 nitrogen and oxygen atoms in total. The smallest absolute Gasteiger partial charge is 0.243 e. The third kappa shape index (κ3) is 5.94. The summed E-state index contributed by atoms with van der Waals surface area (Å²) < 4.78 is 35.2. The van der Waals surface area contributed by atoms with Gasteiger partial charge >= 0.3 is 0 Å². The molecule has 3 rings (SSSR count). The first-order valence-electron chi connectivity index (χ1n) is 11.1. The quantitative estimate of drug-likeness (QED) is 0.244. The lowest BCUT2D eigenvalue weighted by molar-refractivity contribution is 0.410. The van der Waals surface area contributed by atoms with Crippen molar-refractivity contribution in [1.82, 2.24) is 14.3 Å². The first-order valence-corrected chi connectivity index (χ1v) is 13.0. The minimum absolute atomic E-state index is 0.283. The highest BCUT2D eigenvalue weighted by molar-refractivity contribution is 7.89. The molecule has 0 saturated heterocycles. The molecule has 1 heterocycles. The zero-order valence-electron chi connectivity index (χ0n) is 19.9. The van der Waals surface area contributed by atoms with E-state index < -0.39 is 10.0 Å². The Bertz CT molecular complexity index is 1280. The molecule has 2 aromatic carbocycles. The minimum atomic E-state index is -3.58. The Morgan fingerprint density at radius 2 is 1.91 bits per heavy atom. The molecule has 34 heavy (non-hydrogen) atoms. The lowest BCUT2D eigenvalue weighted by Gasteiger charge is -2.21. The molecule has 0 fully saturated rings. The summed E-state index contributed by atoms with van der Waals surface area (Å²) in [5, 5.41) is 8.42. The highest BCUT2D eigenvalue weighted by atomic mass is 32.2. The molecule has 0 radical (unpaired) electrons. The zero-order valence-corrected chi connectivity index (χ0v) is 21.5. The van der Waals surface area contributed by atoms with Gasteiger partial charge in [0.2, 0.25) is 10.0 Å². The van der Waals surface area contributed by atoms with Crippen LogP contribution in [0, 0.1) is 0 Å². The molecular formula is C24H31N5O3S2. The van der Waals surface area contributed by atoms with E-state index in [1.54, 1.807) is 29.8 Å². The summed E-state index contributed by atoms with van der Waals surface area (Å²) in [6.45, 7) is 4.96. The first kappa shape index (κ1) is 25.7. The number of benzene rings is 2. The molecule has 0 aliphatic heterocycles. The van der Waals surface area contributed by atoms with Gasteiger partial charge in [-0.3, -0.25) is 5.43 Å². The number of thiocarbonyl (C=S) groups is 1. The van der Waals surface area contributed by atoms with Crippen LogP contribution in [-0.2, 0) is 17.1 Å². The van der Waals surface area contributed by atoms with Gasteiger partial charge in [-0.15, -0.1) is 0 Å². The van der Waals surface area contributed by atoms with Crippen LogP contribution in [0.5, 0.6) is 5.75 Å². The fourth-order valence-electron chi connectivity index (χ4n) is 3.69. The highest BCUT2D eigenvalue weighted by Gasteiger charge is 2.24. The number of fused-ring (bicyclic) bond motifs is 1. The summed E-state index contributed by atoms with van der Waals surface area (Å²) in [5.74, 6) is 0.717. The second-order valence-corrected chi connectivity index (χ2v) is 10.2. The van der Waals surface area contributed by atoms with Gasteiger partial charge in [-0.05, 0) is 55.4 Å². The van der Waals surface area contributed by atoms with Crippen LogP contribution in [0.1, 0.15) is 32.3 Å². The molecular weight excluding hydrogens is 470 g/mol. The fourth-order valence-corrected chi connectivity index (χ4v) is 5.51. The second-order valence-electron chi connectivity index (χ2n) is 7.83. The molecule has 0 amide bonds. The molecule has 3 aromatic rings. The maximum atomic E-state index is 13.2. The number of hydrogen-bond donors (Lipinski definition) is 2. The molecule has 0 saturated carbocycles. The Hall–Kier alpha value is -2.95. The Balaban J connectivity index is 1.81. The first-order chi connectivity index (χ1) is 16.3. The molecule has 0 aliphatic rings. The number of nitrogens with one attached hydrogen (secondary N) is 2. The van der Waals surface area contributed by atoms with E-state index in [4.69, 9.17) is 17.0 Å². The van der Waals surface area contributed by atoms with Crippen LogP contribution < -0.4 is 15.5 Å². The number of nitrogens with zero attached hydrogens (tertiary/aromatic N) is 3. The number of aromatic nitrogens is 1. The van der Waals surface area contributed by atoms with E-state index in [1.807, 2.05) is 62.0 Å². The van der Waals surface area contributed by atoms with Crippen molar-refractivity contribution in [3.63, 3.8) is 0 Å². The monoisotopic (exact) mass is 501 g/mol.